The first-order valence-electron chi connectivity index (χ1n) is 4.94. The summed E-state index contributed by atoms with van der Waals surface area (Å²) in [5.41, 5.74) is 5.94. The maximum atomic E-state index is 11.7. The van der Waals surface area contributed by atoms with Crippen LogP contribution in [0.25, 0.3) is 0 Å². The molecule has 1 rings (SSSR count). The van der Waals surface area contributed by atoms with Crippen LogP contribution >= 0.6 is 11.8 Å². The molecule has 0 radical (unpaired) electrons. The van der Waals surface area contributed by atoms with Gasteiger partial charge in [-0.2, -0.15) is 11.8 Å². The molecule has 0 saturated carbocycles. The number of rotatable bonds is 4. The molecule has 88 valence electrons. The molecule has 0 fully saturated rings. The van der Waals surface area contributed by atoms with Gasteiger partial charge in [-0.05, 0) is 18.4 Å². The van der Waals surface area contributed by atoms with Gasteiger partial charge in [0.25, 0.3) is 5.91 Å². The van der Waals surface area contributed by atoms with E-state index in [-0.39, 0.29) is 22.9 Å². The number of carbonyl (C=O) groups is 1. The van der Waals surface area contributed by atoms with Crippen LogP contribution in [0.3, 0.4) is 0 Å². The van der Waals surface area contributed by atoms with Crippen molar-refractivity contribution in [3.8, 4) is 5.75 Å². The highest BCUT2D eigenvalue weighted by Crippen LogP contribution is 2.24. The molecule has 0 aliphatic carbocycles. The summed E-state index contributed by atoms with van der Waals surface area (Å²) in [6.07, 6.45) is 1.98. The van der Waals surface area contributed by atoms with Crippen LogP contribution in [0.4, 0.5) is 5.69 Å². The lowest BCUT2D eigenvalue weighted by Gasteiger charge is -2.11. The average Bonchev–Trinajstić information content (AvgIpc) is 2.29. The Balaban J connectivity index is 2.70. The molecule has 1 atom stereocenters. The molecular weight excluding hydrogens is 224 g/mol. The number of thioether (sulfide) groups is 1. The zero-order chi connectivity index (χ0) is 12.1. The summed E-state index contributed by atoms with van der Waals surface area (Å²) >= 11 is 1.67. The van der Waals surface area contributed by atoms with E-state index in [1.807, 2.05) is 13.2 Å². The van der Waals surface area contributed by atoms with Crippen LogP contribution in [-0.2, 0) is 0 Å². The maximum absolute atomic E-state index is 11.7. The van der Waals surface area contributed by atoms with Crippen LogP contribution in [0.1, 0.15) is 17.3 Å². The van der Waals surface area contributed by atoms with Crippen molar-refractivity contribution < 1.29 is 9.90 Å². The lowest BCUT2D eigenvalue weighted by Crippen LogP contribution is -2.29. The Morgan fingerprint density at radius 2 is 2.31 bits per heavy atom. The monoisotopic (exact) mass is 240 g/mol. The average molecular weight is 240 g/mol. The number of nitrogen functional groups attached to an aromatic ring is 1. The quantitative estimate of drug-likeness (QED) is 0.550. The van der Waals surface area contributed by atoms with E-state index in [4.69, 9.17) is 5.73 Å². The fourth-order valence-corrected chi connectivity index (χ4v) is 1.41. The molecule has 0 saturated heterocycles. The molecule has 0 aliphatic heterocycles. The highest BCUT2D eigenvalue weighted by Gasteiger charge is 2.13. The molecule has 1 aromatic carbocycles. The fourth-order valence-electron chi connectivity index (χ4n) is 1.16. The maximum Gasteiger partial charge on any atom is 0.255 e. The van der Waals surface area contributed by atoms with Gasteiger partial charge in [-0.25, -0.2) is 0 Å². The van der Waals surface area contributed by atoms with E-state index >= 15 is 0 Å². The van der Waals surface area contributed by atoms with Gasteiger partial charge in [0.15, 0.2) is 5.75 Å². The van der Waals surface area contributed by atoms with Gasteiger partial charge in [0, 0.05) is 11.8 Å². The number of benzene rings is 1. The van der Waals surface area contributed by atoms with Crippen molar-refractivity contribution >= 4 is 23.4 Å². The van der Waals surface area contributed by atoms with E-state index in [0.717, 1.165) is 0 Å². The van der Waals surface area contributed by atoms with E-state index < -0.39 is 0 Å². The molecule has 1 amide bonds. The van der Waals surface area contributed by atoms with Crippen molar-refractivity contribution in [1.29, 1.82) is 0 Å². The van der Waals surface area contributed by atoms with Crippen LogP contribution in [0, 0.1) is 0 Å². The molecule has 0 bridgehead atoms. The lowest BCUT2D eigenvalue weighted by atomic mass is 10.1. The Labute approximate surface area is 99.2 Å². The van der Waals surface area contributed by atoms with E-state index in [2.05, 4.69) is 5.32 Å². The Bertz CT molecular complexity index is 382. The Morgan fingerprint density at radius 3 is 2.94 bits per heavy atom. The summed E-state index contributed by atoms with van der Waals surface area (Å²) in [5, 5.41) is 12.7. The first-order chi connectivity index (χ1) is 7.56. The Kier molecular flexibility index (Phi) is 4.49. The molecule has 1 aromatic rings. The van der Waals surface area contributed by atoms with Crippen LogP contribution < -0.4 is 11.1 Å². The molecule has 0 spiro atoms. The minimum absolute atomic E-state index is 0.156. The normalized spacial score (nSPS) is 12.1. The predicted octanol–water partition coefficient (Wildman–Crippen LogP) is 1.46. The summed E-state index contributed by atoms with van der Waals surface area (Å²) in [6, 6.07) is 4.74. The van der Waals surface area contributed by atoms with Gasteiger partial charge >= 0.3 is 0 Å². The number of nitrogens with one attached hydrogen (secondary N) is 1. The third-order valence-electron chi connectivity index (χ3n) is 2.26. The molecule has 0 aromatic heterocycles. The van der Waals surface area contributed by atoms with Crippen molar-refractivity contribution in [2.24, 2.45) is 0 Å². The summed E-state index contributed by atoms with van der Waals surface area (Å²) in [4.78, 5) is 11.7. The first-order valence-corrected chi connectivity index (χ1v) is 6.23. The summed E-state index contributed by atoms with van der Waals surface area (Å²) < 4.78 is 0. The van der Waals surface area contributed by atoms with Gasteiger partial charge in [0.05, 0.1) is 11.3 Å². The number of hydrogen-bond acceptors (Lipinski definition) is 4. The van der Waals surface area contributed by atoms with Crippen molar-refractivity contribution in [3.05, 3.63) is 23.8 Å². The van der Waals surface area contributed by atoms with Crippen molar-refractivity contribution in [2.75, 3.05) is 18.5 Å². The third-order valence-corrected chi connectivity index (χ3v) is 3.24. The van der Waals surface area contributed by atoms with Crippen molar-refractivity contribution in [3.63, 3.8) is 0 Å². The Hall–Kier alpha value is -1.36. The first kappa shape index (κ1) is 12.7. The van der Waals surface area contributed by atoms with Crippen LogP contribution in [0.2, 0.25) is 0 Å². The number of phenols is 1. The lowest BCUT2D eigenvalue weighted by molar-refractivity contribution is 0.0951. The number of carbonyl (C=O) groups excluding carboxylic acids is 1. The van der Waals surface area contributed by atoms with Gasteiger partial charge in [0.1, 0.15) is 0 Å². The molecule has 1 unspecified atom stereocenters. The molecule has 5 heteroatoms. The van der Waals surface area contributed by atoms with Gasteiger partial charge in [-0.3, -0.25) is 4.79 Å². The minimum atomic E-state index is -0.300. The fraction of sp³-hybridized carbons (Fsp3) is 0.364. The van der Waals surface area contributed by atoms with E-state index in [1.54, 1.807) is 30.0 Å². The molecule has 16 heavy (non-hydrogen) atoms. The molecular formula is C11H16N2O2S. The zero-order valence-corrected chi connectivity index (χ0v) is 10.2. The molecule has 4 nitrogen and oxygen atoms in total. The number of anilines is 1. The van der Waals surface area contributed by atoms with Crippen LogP contribution in [0.5, 0.6) is 5.75 Å². The summed E-state index contributed by atoms with van der Waals surface area (Å²) in [7, 11) is 0. The zero-order valence-electron chi connectivity index (χ0n) is 9.36. The van der Waals surface area contributed by atoms with Gasteiger partial charge in [0.2, 0.25) is 0 Å². The van der Waals surface area contributed by atoms with E-state index in [1.165, 1.54) is 0 Å². The van der Waals surface area contributed by atoms with E-state index in [0.29, 0.717) is 11.8 Å². The van der Waals surface area contributed by atoms with Gasteiger partial charge in [-0.1, -0.05) is 13.0 Å². The SMILES string of the molecule is CSC(C)CNC(=O)c1cccc(N)c1O. The van der Waals surface area contributed by atoms with Crippen molar-refractivity contribution in [2.45, 2.75) is 12.2 Å². The summed E-state index contributed by atoms with van der Waals surface area (Å²) in [6.45, 7) is 2.58. The second-order valence-corrected chi connectivity index (χ2v) is 4.78. The smallest absolute Gasteiger partial charge is 0.255 e. The highest BCUT2D eigenvalue weighted by atomic mass is 32.2. The number of aromatic hydroxyl groups is 1. The van der Waals surface area contributed by atoms with Gasteiger partial charge < -0.3 is 16.2 Å². The second-order valence-electron chi connectivity index (χ2n) is 3.50. The second kappa shape index (κ2) is 5.65. The topological polar surface area (TPSA) is 75.4 Å². The molecule has 0 heterocycles. The van der Waals surface area contributed by atoms with Gasteiger partial charge in [-0.15, -0.1) is 0 Å². The number of phenolic OH excluding ortho intramolecular Hbond substituents is 1. The minimum Gasteiger partial charge on any atom is -0.505 e. The predicted molar refractivity (Wildman–Crippen MR) is 67.8 cm³/mol. The molecule has 0 aliphatic rings. The molecule has 4 N–H and O–H groups in total. The number of amides is 1. The van der Waals surface area contributed by atoms with Crippen LogP contribution in [0.15, 0.2) is 18.2 Å². The Morgan fingerprint density at radius 1 is 1.62 bits per heavy atom. The number of hydrogen-bond donors (Lipinski definition) is 3. The van der Waals surface area contributed by atoms with Crippen LogP contribution in [-0.4, -0.2) is 29.1 Å². The number of nitrogens with two attached hydrogens (primary N) is 1. The highest BCUT2D eigenvalue weighted by molar-refractivity contribution is 7.99. The van der Waals surface area contributed by atoms with Crippen molar-refractivity contribution in [1.82, 2.24) is 5.32 Å². The van der Waals surface area contributed by atoms with E-state index in [9.17, 15) is 9.90 Å². The number of para-hydroxylation sites is 1. The largest absolute Gasteiger partial charge is 0.505 e. The summed E-state index contributed by atoms with van der Waals surface area (Å²) in [5.74, 6) is -0.456. The standard InChI is InChI=1S/C11H16N2O2S/c1-7(16-2)6-13-11(15)8-4-3-5-9(12)10(8)14/h3-5,7,14H,6,12H2,1-2H3,(H,13,15). The third kappa shape index (κ3) is 3.06.